The average molecular weight is 529 g/mol. The van der Waals surface area contributed by atoms with E-state index in [4.69, 9.17) is 9.47 Å². The van der Waals surface area contributed by atoms with Crippen molar-refractivity contribution in [1.29, 1.82) is 0 Å². The lowest BCUT2D eigenvalue weighted by atomic mass is 10.1. The van der Waals surface area contributed by atoms with Gasteiger partial charge in [-0.1, -0.05) is 0 Å². The molecular weight excluding hydrogens is 498 g/mol. The number of carbonyl (C=O) groups is 2. The van der Waals surface area contributed by atoms with Gasteiger partial charge in [-0.05, 0) is 55.4 Å². The van der Waals surface area contributed by atoms with E-state index >= 15 is 0 Å². The van der Waals surface area contributed by atoms with Crippen molar-refractivity contribution in [3.8, 4) is 5.88 Å². The van der Waals surface area contributed by atoms with Gasteiger partial charge < -0.3 is 25.0 Å². The highest BCUT2D eigenvalue weighted by molar-refractivity contribution is 7.11. The molecule has 1 atom stereocenters. The summed E-state index contributed by atoms with van der Waals surface area (Å²) in [6, 6.07) is 1.66. The highest BCUT2D eigenvalue weighted by Gasteiger charge is 2.24. The van der Waals surface area contributed by atoms with Crippen LogP contribution in [-0.4, -0.2) is 77.0 Å². The first kappa shape index (κ1) is 27.7. The van der Waals surface area contributed by atoms with Crippen molar-refractivity contribution in [2.75, 3.05) is 44.7 Å². The summed E-state index contributed by atoms with van der Waals surface area (Å²) in [5.74, 6) is -3.39. The molecule has 1 aromatic carbocycles. The molecule has 1 fully saturated rings. The average Bonchev–Trinajstić information content (AvgIpc) is 3.21. The summed E-state index contributed by atoms with van der Waals surface area (Å²) < 4.78 is 42.5. The Morgan fingerprint density at radius 2 is 1.94 bits per heavy atom. The smallest absolute Gasteiger partial charge is 0.344 e. The minimum atomic E-state index is -1.41. The van der Waals surface area contributed by atoms with Crippen LogP contribution in [0.1, 0.15) is 40.7 Å². The third-order valence-corrected chi connectivity index (χ3v) is 6.31. The van der Waals surface area contributed by atoms with Crippen molar-refractivity contribution in [1.82, 2.24) is 14.6 Å². The van der Waals surface area contributed by atoms with E-state index in [1.54, 1.807) is 6.92 Å². The van der Waals surface area contributed by atoms with Gasteiger partial charge >= 0.3 is 12.0 Å². The number of hydrogen-bond acceptors (Lipinski definition) is 8. The summed E-state index contributed by atoms with van der Waals surface area (Å²) in [6.45, 7) is 4.85. The molecule has 1 unspecified atom stereocenters. The number of aliphatic hydroxyl groups excluding tert-OH is 1. The molecule has 1 saturated heterocycles. The van der Waals surface area contributed by atoms with Crippen molar-refractivity contribution in [3.05, 3.63) is 40.5 Å². The fraction of sp³-hybridized carbons (Fsp3) is 0.522. The van der Waals surface area contributed by atoms with E-state index in [2.05, 4.69) is 19.9 Å². The van der Waals surface area contributed by atoms with Crippen LogP contribution in [0, 0.1) is 18.6 Å². The fourth-order valence-electron chi connectivity index (χ4n) is 3.68. The largest absolute Gasteiger partial charge is 0.477 e. The second kappa shape index (κ2) is 13.4. The summed E-state index contributed by atoms with van der Waals surface area (Å²) in [7, 11) is 0. The van der Waals surface area contributed by atoms with Gasteiger partial charge in [-0.25, -0.2) is 18.4 Å². The molecule has 198 valence electrons. The number of aromatic carboxylic acids is 1. The summed E-state index contributed by atoms with van der Waals surface area (Å²) in [6.07, 6.45) is 1.48. The number of carbonyl (C=O) groups excluding carboxylic acids is 1. The molecule has 0 aliphatic carbocycles. The minimum Gasteiger partial charge on any atom is -0.477 e. The van der Waals surface area contributed by atoms with Crippen molar-refractivity contribution in [2.24, 2.45) is 0 Å². The number of amides is 2. The summed E-state index contributed by atoms with van der Waals surface area (Å²) in [5.41, 5.74) is -0.364. The van der Waals surface area contributed by atoms with Gasteiger partial charge in [0.25, 0.3) is 0 Å². The van der Waals surface area contributed by atoms with E-state index < -0.39 is 41.9 Å². The number of nitrogens with one attached hydrogen (secondary N) is 2. The predicted octanol–water partition coefficient (Wildman–Crippen LogP) is 2.99. The first-order valence-corrected chi connectivity index (χ1v) is 12.3. The van der Waals surface area contributed by atoms with E-state index in [-0.39, 0.29) is 16.4 Å². The van der Waals surface area contributed by atoms with Crippen LogP contribution in [0.5, 0.6) is 5.88 Å². The molecular formula is C23H30F2N4O6S. The number of urea groups is 1. The Labute approximate surface area is 211 Å². The van der Waals surface area contributed by atoms with Crippen LogP contribution in [0.4, 0.5) is 18.6 Å². The van der Waals surface area contributed by atoms with Gasteiger partial charge in [-0.3, -0.25) is 10.2 Å². The predicted molar refractivity (Wildman–Crippen MR) is 129 cm³/mol. The van der Waals surface area contributed by atoms with Crippen molar-refractivity contribution >= 4 is 28.5 Å². The lowest BCUT2D eigenvalue weighted by Gasteiger charge is -2.28. The standard InChI is InChI=1S/C23H30F2N4O6S/c1-14-10-17(24)16(18(25)11-14)13-35-20-19(22(31)32)21(36-28-20)27-23(33)26-5-3-2-4-15(30)12-29-6-8-34-9-7-29/h10-11,15,30H,2-9,12-13H2,1H3,(H,31,32)(H2,26,27,33). The van der Waals surface area contributed by atoms with E-state index in [9.17, 15) is 28.6 Å². The summed E-state index contributed by atoms with van der Waals surface area (Å²) in [5, 5.41) is 24.7. The Kier molecular flexibility index (Phi) is 10.3. The molecule has 3 rings (SSSR count). The fourth-order valence-corrected chi connectivity index (χ4v) is 4.41. The highest BCUT2D eigenvalue weighted by atomic mass is 32.1. The number of morpholine rings is 1. The van der Waals surface area contributed by atoms with E-state index in [1.165, 1.54) is 0 Å². The van der Waals surface area contributed by atoms with E-state index in [1.807, 2.05) is 0 Å². The number of β-amino-alcohol motifs (C(OH)–C–C–N with tert-alkyl or cyclic N) is 1. The third-order valence-electron chi connectivity index (χ3n) is 5.56. The molecule has 2 aromatic rings. The number of aliphatic hydroxyl groups is 1. The normalized spacial score (nSPS) is 14.9. The quantitative estimate of drug-likeness (QED) is 0.309. The molecule has 1 aliphatic rings. The molecule has 0 spiro atoms. The molecule has 0 bridgehead atoms. The zero-order valence-electron chi connectivity index (χ0n) is 19.9. The monoisotopic (exact) mass is 528 g/mol. The number of unbranched alkanes of at least 4 members (excludes halogenated alkanes) is 1. The maximum absolute atomic E-state index is 14.0. The van der Waals surface area contributed by atoms with Gasteiger partial charge in [0.2, 0.25) is 5.88 Å². The topological polar surface area (TPSA) is 133 Å². The number of aryl methyl sites for hydroxylation is 1. The number of hydrogen-bond donors (Lipinski definition) is 4. The Hall–Kier alpha value is -2.87. The van der Waals surface area contributed by atoms with Crippen LogP contribution in [0.2, 0.25) is 0 Å². The van der Waals surface area contributed by atoms with Crippen LogP contribution in [0.3, 0.4) is 0 Å². The third kappa shape index (κ3) is 8.08. The van der Waals surface area contributed by atoms with Crippen molar-refractivity contribution < 1.29 is 38.1 Å². The Morgan fingerprint density at radius 3 is 2.61 bits per heavy atom. The Morgan fingerprint density at radius 1 is 1.25 bits per heavy atom. The second-order valence-electron chi connectivity index (χ2n) is 8.44. The van der Waals surface area contributed by atoms with Gasteiger partial charge in [0.05, 0.1) is 24.9 Å². The molecule has 13 heteroatoms. The van der Waals surface area contributed by atoms with E-state index in [0.29, 0.717) is 62.7 Å². The van der Waals surface area contributed by atoms with Crippen molar-refractivity contribution in [3.63, 3.8) is 0 Å². The van der Waals surface area contributed by atoms with E-state index in [0.717, 1.165) is 25.2 Å². The zero-order valence-corrected chi connectivity index (χ0v) is 20.7. The molecule has 1 aliphatic heterocycles. The first-order valence-electron chi connectivity index (χ1n) is 11.6. The molecule has 4 N–H and O–H groups in total. The SMILES string of the molecule is Cc1cc(F)c(COc2nsc(NC(=O)NCCCCC(O)CN3CCOCC3)c2C(=O)O)c(F)c1. The van der Waals surface area contributed by atoms with Crippen LogP contribution >= 0.6 is 11.5 Å². The zero-order chi connectivity index (χ0) is 26.1. The number of benzene rings is 1. The molecule has 1 aromatic heterocycles. The van der Waals surface area contributed by atoms with Crippen LogP contribution in [-0.2, 0) is 11.3 Å². The molecule has 10 nitrogen and oxygen atoms in total. The number of nitrogens with zero attached hydrogens (tertiary/aromatic N) is 2. The summed E-state index contributed by atoms with van der Waals surface area (Å²) >= 11 is 0.681. The summed E-state index contributed by atoms with van der Waals surface area (Å²) in [4.78, 5) is 26.1. The number of halogens is 2. The maximum Gasteiger partial charge on any atom is 0.344 e. The first-order chi connectivity index (χ1) is 17.2. The molecule has 0 radical (unpaired) electrons. The number of carboxylic acids is 1. The Balaban J connectivity index is 1.44. The molecule has 2 amide bonds. The van der Waals surface area contributed by atoms with Crippen LogP contribution in [0.15, 0.2) is 12.1 Å². The number of carboxylic acid groups (broad SMARTS) is 1. The van der Waals surface area contributed by atoms with Gasteiger partial charge in [0.1, 0.15) is 23.2 Å². The van der Waals surface area contributed by atoms with Gasteiger partial charge in [-0.15, -0.1) is 0 Å². The lowest BCUT2D eigenvalue weighted by Crippen LogP contribution is -2.40. The highest BCUT2D eigenvalue weighted by Crippen LogP contribution is 2.31. The van der Waals surface area contributed by atoms with Gasteiger partial charge in [0.15, 0.2) is 5.56 Å². The number of rotatable bonds is 12. The van der Waals surface area contributed by atoms with Gasteiger partial charge in [-0.2, -0.15) is 4.37 Å². The van der Waals surface area contributed by atoms with Crippen LogP contribution in [0.25, 0.3) is 0 Å². The molecule has 2 heterocycles. The maximum atomic E-state index is 14.0. The van der Waals surface area contributed by atoms with Gasteiger partial charge in [0, 0.05) is 26.2 Å². The second-order valence-corrected chi connectivity index (χ2v) is 9.21. The lowest BCUT2D eigenvalue weighted by molar-refractivity contribution is 0.0128. The van der Waals surface area contributed by atoms with Crippen LogP contribution < -0.4 is 15.4 Å². The number of ether oxygens (including phenoxy) is 2. The molecule has 36 heavy (non-hydrogen) atoms. The minimum absolute atomic E-state index is 0.0687. The molecule has 0 saturated carbocycles. The number of aromatic nitrogens is 1. The Bertz CT molecular complexity index is 1020. The number of anilines is 1. The van der Waals surface area contributed by atoms with Crippen molar-refractivity contribution in [2.45, 2.75) is 38.9 Å².